The van der Waals surface area contributed by atoms with Gasteiger partial charge in [0.15, 0.2) is 0 Å². The number of hydrogen-bond donors (Lipinski definition) is 1. The molecule has 0 bridgehead atoms. The van der Waals surface area contributed by atoms with Crippen molar-refractivity contribution in [2.75, 3.05) is 17.8 Å². The first-order chi connectivity index (χ1) is 8.97. The maximum Gasteiger partial charge on any atom is 0.340 e. The monoisotopic (exact) mass is 300 g/mol. The van der Waals surface area contributed by atoms with E-state index in [2.05, 4.69) is 16.2 Å². The van der Waals surface area contributed by atoms with Crippen molar-refractivity contribution in [1.82, 2.24) is 9.97 Å². The number of aromatic nitrogens is 2. The Bertz CT molecular complexity index is 451. The maximum atomic E-state index is 11.3. The van der Waals surface area contributed by atoms with Gasteiger partial charge in [0.2, 0.25) is 0 Å². The van der Waals surface area contributed by atoms with E-state index in [-0.39, 0.29) is 11.5 Å². The van der Waals surface area contributed by atoms with Crippen LogP contribution in [0.5, 0.6) is 0 Å². The van der Waals surface area contributed by atoms with E-state index in [0.29, 0.717) is 10.7 Å². The van der Waals surface area contributed by atoms with Crippen molar-refractivity contribution in [2.24, 2.45) is 0 Å². The van der Waals surface area contributed by atoms with Crippen LogP contribution in [0.2, 0.25) is 0 Å². The Morgan fingerprint density at radius 1 is 1.32 bits per heavy atom. The molecule has 0 fully saturated rings. The second-order valence-electron chi connectivity index (χ2n) is 4.50. The first-order valence-electron chi connectivity index (χ1n) is 6.21. The number of thioether (sulfide) groups is 2. The predicted octanol–water partition coefficient (Wildman–Crippen LogP) is 3.45. The molecule has 0 atom stereocenters. The number of carboxylic acids is 1. The fourth-order valence-electron chi connectivity index (χ4n) is 1.55. The van der Waals surface area contributed by atoms with E-state index in [0.717, 1.165) is 23.8 Å². The van der Waals surface area contributed by atoms with Crippen LogP contribution in [-0.4, -0.2) is 38.8 Å². The fourth-order valence-corrected chi connectivity index (χ4v) is 3.18. The molecule has 0 aliphatic carbocycles. The van der Waals surface area contributed by atoms with Crippen molar-refractivity contribution < 1.29 is 9.90 Å². The van der Waals surface area contributed by atoms with Crippen molar-refractivity contribution in [3.63, 3.8) is 0 Å². The average Bonchev–Trinajstić information content (AvgIpc) is 2.33. The van der Waals surface area contributed by atoms with Crippen LogP contribution in [0, 0.1) is 6.92 Å². The number of carbonyl (C=O) groups is 1. The van der Waals surface area contributed by atoms with Gasteiger partial charge >= 0.3 is 5.97 Å². The lowest BCUT2D eigenvalue weighted by molar-refractivity contribution is 0.0690. The van der Waals surface area contributed by atoms with E-state index in [1.165, 1.54) is 11.8 Å². The molecule has 1 N–H and O–H groups in total. The molecule has 6 heteroatoms. The number of rotatable bonds is 7. The fraction of sp³-hybridized carbons (Fsp3) is 0.615. The Balaban J connectivity index is 2.99. The van der Waals surface area contributed by atoms with Crippen LogP contribution in [0.4, 0.5) is 0 Å². The standard InChI is InChI=1S/C13H20N2O2S2/c1-8(2)11-14-9(3)10(13(16)17)12(15-11)19-7-5-6-18-4/h8H,5-7H2,1-4H3,(H,16,17). The van der Waals surface area contributed by atoms with E-state index in [4.69, 9.17) is 0 Å². The lowest BCUT2D eigenvalue weighted by Gasteiger charge is -2.11. The summed E-state index contributed by atoms with van der Waals surface area (Å²) in [6, 6.07) is 0. The Labute approximate surface area is 122 Å². The lowest BCUT2D eigenvalue weighted by atomic mass is 10.2. The Morgan fingerprint density at radius 2 is 2.00 bits per heavy atom. The smallest absolute Gasteiger partial charge is 0.340 e. The minimum absolute atomic E-state index is 0.201. The first-order valence-corrected chi connectivity index (χ1v) is 8.58. The Morgan fingerprint density at radius 3 is 2.53 bits per heavy atom. The number of aryl methyl sites for hydroxylation is 1. The zero-order valence-corrected chi connectivity index (χ0v) is 13.4. The molecule has 19 heavy (non-hydrogen) atoms. The highest BCUT2D eigenvalue weighted by Crippen LogP contribution is 2.25. The van der Waals surface area contributed by atoms with Crippen molar-refractivity contribution in [1.29, 1.82) is 0 Å². The van der Waals surface area contributed by atoms with Crippen molar-refractivity contribution in [3.05, 3.63) is 17.1 Å². The molecule has 0 spiro atoms. The Hall–Kier alpha value is -0.750. The molecule has 1 rings (SSSR count). The van der Waals surface area contributed by atoms with Gasteiger partial charge in [-0.15, -0.1) is 11.8 Å². The largest absolute Gasteiger partial charge is 0.478 e. The van der Waals surface area contributed by atoms with Gasteiger partial charge < -0.3 is 5.11 Å². The highest BCUT2D eigenvalue weighted by molar-refractivity contribution is 7.99. The van der Waals surface area contributed by atoms with Crippen molar-refractivity contribution >= 4 is 29.5 Å². The second-order valence-corrected chi connectivity index (χ2v) is 6.57. The third-order valence-electron chi connectivity index (χ3n) is 2.54. The van der Waals surface area contributed by atoms with Crippen LogP contribution in [0.3, 0.4) is 0 Å². The summed E-state index contributed by atoms with van der Waals surface area (Å²) < 4.78 is 0. The lowest BCUT2D eigenvalue weighted by Crippen LogP contribution is -2.10. The predicted molar refractivity (Wildman–Crippen MR) is 81.5 cm³/mol. The molecule has 0 radical (unpaired) electrons. The molecule has 1 aromatic heterocycles. The molecule has 0 unspecified atom stereocenters. The molecule has 1 heterocycles. The normalized spacial score (nSPS) is 11.0. The zero-order chi connectivity index (χ0) is 14.4. The zero-order valence-electron chi connectivity index (χ0n) is 11.8. The molecule has 0 aliphatic rings. The summed E-state index contributed by atoms with van der Waals surface area (Å²) >= 11 is 3.31. The SMILES string of the molecule is CSCCCSc1nc(C(C)C)nc(C)c1C(=O)O. The van der Waals surface area contributed by atoms with Crippen molar-refractivity contribution in [3.8, 4) is 0 Å². The number of carboxylic acid groups (broad SMARTS) is 1. The molecule has 4 nitrogen and oxygen atoms in total. The quantitative estimate of drug-likeness (QED) is 0.473. The minimum atomic E-state index is -0.944. The molecule has 0 aromatic carbocycles. The van der Waals surface area contributed by atoms with Crippen LogP contribution in [0.15, 0.2) is 5.03 Å². The summed E-state index contributed by atoms with van der Waals surface area (Å²) in [5.41, 5.74) is 0.803. The molecular weight excluding hydrogens is 280 g/mol. The molecule has 106 valence electrons. The maximum absolute atomic E-state index is 11.3. The summed E-state index contributed by atoms with van der Waals surface area (Å²) in [5.74, 6) is 1.94. The van der Waals surface area contributed by atoms with Gasteiger partial charge in [-0.05, 0) is 25.4 Å². The number of aromatic carboxylic acids is 1. The highest BCUT2D eigenvalue weighted by Gasteiger charge is 2.19. The van der Waals surface area contributed by atoms with Gasteiger partial charge in [0, 0.05) is 11.7 Å². The highest BCUT2D eigenvalue weighted by atomic mass is 32.2. The number of nitrogens with zero attached hydrogens (tertiary/aromatic N) is 2. The molecule has 0 saturated heterocycles. The van der Waals surface area contributed by atoms with Gasteiger partial charge in [0.05, 0.1) is 5.69 Å². The van der Waals surface area contributed by atoms with Crippen LogP contribution >= 0.6 is 23.5 Å². The molecular formula is C13H20N2O2S2. The second kappa shape index (κ2) is 7.75. The van der Waals surface area contributed by atoms with Crippen LogP contribution in [0.25, 0.3) is 0 Å². The van der Waals surface area contributed by atoms with Crippen LogP contribution < -0.4 is 0 Å². The van der Waals surface area contributed by atoms with Gasteiger partial charge in [0.1, 0.15) is 16.4 Å². The van der Waals surface area contributed by atoms with E-state index in [1.807, 2.05) is 13.8 Å². The third kappa shape index (κ3) is 4.69. The van der Waals surface area contributed by atoms with Crippen LogP contribution in [0.1, 0.15) is 48.1 Å². The summed E-state index contributed by atoms with van der Waals surface area (Å²) in [6.45, 7) is 5.76. The summed E-state index contributed by atoms with van der Waals surface area (Å²) in [4.78, 5) is 20.0. The molecule has 0 aliphatic heterocycles. The minimum Gasteiger partial charge on any atom is -0.478 e. The van der Waals surface area contributed by atoms with Gasteiger partial charge in [-0.25, -0.2) is 14.8 Å². The summed E-state index contributed by atoms with van der Waals surface area (Å²) in [5, 5.41) is 9.88. The van der Waals surface area contributed by atoms with Gasteiger partial charge in [-0.1, -0.05) is 13.8 Å². The average molecular weight is 300 g/mol. The van der Waals surface area contributed by atoms with E-state index in [1.54, 1.807) is 18.7 Å². The summed E-state index contributed by atoms with van der Waals surface area (Å²) in [6.07, 6.45) is 3.12. The molecule has 0 amide bonds. The van der Waals surface area contributed by atoms with E-state index < -0.39 is 5.97 Å². The van der Waals surface area contributed by atoms with E-state index in [9.17, 15) is 9.90 Å². The van der Waals surface area contributed by atoms with Crippen LogP contribution in [-0.2, 0) is 0 Å². The van der Waals surface area contributed by atoms with E-state index >= 15 is 0 Å². The van der Waals surface area contributed by atoms with Crippen molar-refractivity contribution in [2.45, 2.75) is 38.1 Å². The first kappa shape index (κ1) is 16.3. The Kier molecular flexibility index (Phi) is 6.65. The van der Waals surface area contributed by atoms with Gasteiger partial charge in [0.25, 0.3) is 0 Å². The van der Waals surface area contributed by atoms with Gasteiger partial charge in [-0.2, -0.15) is 11.8 Å². The third-order valence-corrected chi connectivity index (χ3v) is 4.29. The summed E-state index contributed by atoms with van der Waals surface area (Å²) in [7, 11) is 0. The molecule has 1 aromatic rings. The number of hydrogen-bond acceptors (Lipinski definition) is 5. The molecule has 0 saturated carbocycles. The topological polar surface area (TPSA) is 63.1 Å². The van der Waals surface area contributed by atoms with Gasteiger partial charge in [-0.3, -0.25) is 0 Å².